The highest BCUT2D eigenvalue weighted by Gasteiger charge is 2.11. The number of methoxy groups -OCH3 is 1. The minimum atomic E-state index is -0.434. The molecule has 0 aliphatic carbocycles. The van der Waals surface area contributed by atoms with E-state index >= 15 is 0 Å². The van der Waals surface area contributed by atoms with Crippen molar-refractivity contribution >= 4 is 23.3 Å². The van der Waals surface area contributed by atoms with Gasteiger partial charge >= 0.3 is 5.97 Å². The second-order valence-electron chi connectivity index (χ2n) is 5.43. The fourth-order valence-corrected chi connectivity index (χ4v) is 2.34. The Morgan fingerprint density at radius 1 is 1.08 bits per heavy atom. The maximum absolute atomic E-state index is 12.9. The lowest BCUT2D eigenvalue weighted by Crippen LogP contribution is -2.07. The van der Waals surface area contributed by atoms with Crippen molar-refractivity contribution in [3.63, 3.8) is 0 Å². The summed E-state index contributed by atoms with van der Waals surface area (Å²) < 4.78 is 17.7. The largest absolute Gasteiger partial charge is 0.465 e. The molecular weight excluding hydrogens is 335 g/mol. The van der Waals surface area contributed by atoms with Crippen molar-refractivity contribution in [3.8, 4) is 0 Å². The quantitative estimate of drug-likeness (QED) is 0.658. The number of para-hydroxylation sites is 1. The van der Waals surface area contributed by atoms with Gasteiger partial charge in [0.25, 0.3) is 0 Å². The Kier molecular flexibility index (Phi) is 5.38. The molecule has 0 saturated carbocycles. The van der Waals surface area contributed by atoms with Gasteiger partial charge in [0.1, 0.15) is 23.8 Å². The first kappa shape index (κ1) is 17.3. The first-order valence-corrected chi connectivity index (χ1v) is 7.90. The molecule has 1 heterocycles. The van der Waals surface area contributed by atoms with Crippen LogP contribution in [0.4, 0.5) is 21.7 Å². The number of aromatic nitrogens is 2. The maximum atomic E-state index is 12.9. The average molecular weight is 352 g/mol. The summed E-state index contributed by atoms with van der Waals surface area (Å²) in [5.41, 5.74) is 1.92. The summed E-state index contributed by atoms with van der Waals surface area (Å²) in [5.74, 6) is 0.420. The summed E-state index contributed by atoms with van der Waals surface area (Å²) in [5, 5.41) is 6.24. The van der Waals surface area contributed by atoms with Crippen molar-refractivity contribution in [2.24, 2.45) is 0 Å². The molecule has 0 radical (unpaired) electrons. The van der Waals surface area contributed by atoms with Gasteiger partial charge in [0.05, 0.1) is 18.4 Å². The number of anilines is 3. The van der Waals surface area contributed by atoms with Crippen LogP contribution in [0.1, 0.15) is 15.9 Å². The zero-order valence-corrected chi connectivity index (χ0v) is 14.1. The highest BCUT2D eigenvalue weighted by molar-refractivity contribution is 5.96. The van der Waals surface area contributed by atoms with Gasteiger partial charge in [-0.05, 0) is 29.8 Å². The van der Waals surface area contributed by atoms with Crippen LogP contribution >= 0.6 is 0 Å². The molecule has 0 fully saturated rings. The van der Waals surface area contributed by atoms with Gasteiger partial charge < -0.3 is 15.4 Å². The standard InChI is InChI=1S/C19H17FN4O2/c1-26-19(25)15-4-2-3-5-16(15)24-18-10-17(22-12-23-18)21-11-13-6-8-14(20)9-7-13/h2-10,12H,11H2,1H3,(H2,21,22,23,24). The van der Waals surface area contributed by atoms with Crippen LogP contribution in [0.3, 0.4) is 0 Å². The van der Waals surface area contributed by atoms with Crippen molar-refractivity contribution < 1.29 is 13.9 Å². The molecule has 26 heavy (non-hydrogen) atoms. The van der Waals surface area contributed by atoms with Crippen molar-refractivity contribution in [2.75, 3.05) is 17.7 Å². The molecule has 0 bridgehead atoms. The van der Waals surface area contributed by atoms with Crippen LogP contribution in [0.2, 0.25) is 0 Å². The predicted molar refractivity (Wildman–Crippen MR) is 96.8 cm³/mol. The Bertz CT molecular complexity index is 900. The Balaban J connectivity index is 1.72. The summed E-state index contributed by atoms with van der Waals surface area (Å²) in [6.07, 6.45) is 1.41. The number of carbonyl (C=O) groups excluding carboxylic acids is 1. The molecule has 7 heteroatoms. The second-order valence-corrected chi connectivity index (χ2v) is 5.43. The van der Waals surface area contributed by atoms with Gasteiger partial charge in [0.2, 0.25) is 0 Å². The molecular formula is C19H17FN4O2. The molecule has 0 saturated heterocycles. The molecule has 0 atom stereocenters. The van der Waals surface area contributed by atoms with E-state index in [1.54, 1.807) is 36.4 Å². The van der Waals surface area contributed by atoms with Gasteiger partial charge in [-0.25, -0.2) is 19.2 Å². The van der Waals surface area contributed by atoms with Crippen LogP contribution in [-0.4, -0.2) is 23.0 Å². The molecule has 0 amide bonds. The van der Waals surface area contributed by atoms with Gasteiger partial charge in [-0.3, -0.25) is 0 Å². The number of hydrogen-bond donors (Lipinski definition) is 2. The lowest BCUT2D eigenvalue weighted by Gasteiger charge is -2.11. The minimum Gasteiger partial charge on any atom is -0.465 e. The predicted octanol–water partition coefficient (Wildman–Crippen LogP) is 3.76. The highest BCUT2D eigenvalue weighted by Crippen LogP contribution is 2.21. The molecule has 0 aliphatic heterocycles. The van der Waals surface area contributed by atoms with E-state index in [0.717, 1.165) is 5.56 Å². The van der Waals surface area contributed by atoms with Crippen LogP contribution in [0, 0.1) is 5.82 Å². The van der Waals surface area contributed by atoms with Crippen molar-refractivity contribution in [3.05, 3.63) is 77.9 Å². The molecule has 0 spiro atoms. The highest BCUT2D eigenvalue weighted by atomic mass is 19.1. The molecule has 2 N–H and O–H groups in total. The molecule has 6 nitrogen and oxygen atoms in total. The summed E-state index contributed by atoms with van der Waals surface area (Å²) >= 11 is 0. The summed E-state index contributed by atoms with van der Waals surface area (Å²) in [4.78, 5) is 20.2. The van der Waals surface area contributed by atoms with Crippen LogP contribution in [0.25, 0.3) is 0 Å². The number of benzene rings is 2. The lowest BCUT2D eigenvalue weighted by atomic mass is 10.2. The van der Waals surface area contributed by atoms with E-state index in [9.17, 15) is 9.18 Å². The van der Waals surface area contributed by atoms with Crippen LogP contribution < -0.4 is 10.6 Å². The first-order valence-electron chi connectivity index (χ1n) is 7.90. The second kappa shape index (κ2) is 8.06. The molecule has 0 unspecified atom stereocenters. The Hall–Kier alpha value is -3.48. The smallest absolute Gasteiger partial charge is 0.339 e. The fraction of sp³-hybridized carbons (Fsp3) is 0.105. The van der Waals surface area contributed by atoms with E-state index in [1.165, 1.54) is 25.6 Å². The SMILES string of the molecule is COC(=O)c1ccccc1Nc1cc(NCc2ccc(F)cc2)ncn1. The maximum Gasteiger partial charge on any atom is 0.339 e. The molecule has 3 rings (SSSR count). The van der Waals surface area contributed by atoms with Gasteiger partial charge in [-0.1, -0.05) is 24.3 Å². The average Bonchev–Trinajstić information content (AvgIpc) is 2.68. The molecule has 2 aromatic carbocycles. The lowest BCUT2D eigenvalue weighted by molar-refractivity contribution is 0.0602. The number of ether oxygens (including phenoxy) is 1. The van der Waals surface area contributed by atoms with Crippen molar-refractivity contribution in [1.82, 2.24) is 9.97 Å². The number of rotatable bonds is 6. The third-order valence-corrected chi connectivity index (χ3v) is 3.65. The number of esters is 1. The van der Waals surface area contributed by atoms with E-state index < -0.39 is 5.97 Å². The van der Waals surface area contributed by atoms with Gasteiger partial charge in [-0.2, -0.15) is 0 Å². The monoisotopic (exact) mass is 352 g/mol. The zero-order chi connectivity index (χ0) is 18.4. The number of carbonyl (C=O) groups is 1. The van der Waals surface area contributed by atoms with E-state index in [2.05, 4.69) is 20.6 Å². The van der Waals surface area contributed by atoms with Crippen LogP contribution in [-0.2, 0) is 11.3 Å². The van der Waals surface area contributed by atoms with Crippen LogP contribution in [0.15, 0.2) is 60.9 Å². The Morgan fingerprint density at radius 2 is 1.81 bits per heavy atom. The summed E-state index contributed by atoms with van der Waals surface area (Å²) in [7, 11) is 1.33. The van der Waals surface area contributed by atoms with E-state index in [0.29, 0.717) is 29.4 Å². The number of hydrogen-bond acceptors (Lipinski definition) is 6. The van der Waals surface area contributed by atoms with Crippen LogP contribution in [0.5, 0.6) is 0 Å². The van der Waals surface area contributed by atoms with Gasteiger partial charge in [0.15, 0.2) is 0 Å². The van der Waals surface area contributed by atoms with Crippen molar-refractivity contribution in [1.29, 1.82) is 0 Å². The van der Waals surface area contributed by atoms with E-state index in [4.69, 9.17) is 4.74 Å². The minimum absolute atomic E-state index is 0.272. The third-order valence-electron chi connectivity index (χ3n) is 3.65. The Morgan fingerprint density at radius 3 is 2.58 bits per heavy atom. The fourth-order valence-electron chi connectivity index (χ4n) is 2.34. The molecule has 132 valence electrons. The van der Waals surface area contributed by atoms with Gasteiger partial charge in [0, 0.05) is 12.6 Å². The Labute approximate surface area is 150 Å². The number of halogens is 1. The topological polar surface area (TPSA) is 76.1 Å². The first-order chi connectivity index (χ1) is 12.7. The number of nitrogens with one attached hydrogen (secondary N) is 2. The molecule has 3 aromatic rings. The zero-order valence-electron chi connectivity index (χ0n) is 14.1. The van der Waals surface area contributed by atoms with Crippen molar-refractivity contribution in [2.45, 2.75) is 6.54 Å². The summed E-state index contributed by atoms with van der Waals surface area (Å²) in [6, 6.07) is 14.9. The molecule has 1 aromatic heterocycles. The summed E-state index contributed by atoms with van der Waals surface area (Å²) in [6.45, 7) is 0.496. The van der Waals surface area contributed by atoms with E-state index in [-0.39, 0.29) is 5.82 Å². The number of nitrogens with zero attached hydrogens (tertiary/aromatic N) is 2. The van der Waals surface area contributed by atoms with E-state index in [1.807, 2.05) is 6.07 Å². The normalized spacial score (nSPS) is 10.2. The third kappa shape index (κ3) is 4.32. The van der Waals surface area contributed by atoms with Gasteiger partial charge in [-0.15, -0.1) is 0 Å². The molecule has 0 aliphatic rings.